The third kappa shape index (κ3) is 3.40. The Balaban J connectivity index is 2.25. The maximum Gasteiger partial charge on any atom is 0.0554 e. The first kappa shape index (κ1) is 15.0. The fourth-order valence-corrected chi connectivity index (χ4v) is 2.52. The van der Waals surface area contributed by atoms with Crippen LogP contribution in [-0.2, 0) is 6.54 Å². The van der Waals surface area contributed by atoms with E-state index in [4.69, 9.17) is 17.3 Å². The molecule has 0 saturated heterocycles. The molecule has 0 heterocycles. The zero-order chi connectivity index (χ0) is 14.7. The Labute approximate surface area is 126 Å². The molecule has 2 rings (SSSR count). The van der Waals surface area contributed by atoms with Gasteiger partial charge in [-0.15, -0.1) is 0 Å². The molecule has 0 radical (unpaired) electrons. The lowest BCUT2D eigenvalue weighted by molar-refractivity contribution is 0.402. The Kier molecular flexibility index (Phi) is 4.81. The predicted molar refractivity (Wildman–Crippen MR) is 86.1 cm³/mol. The van der Waals surface area contributed by atoms with Crippen LogP contribution < -0.4 is 5.73 Å². The highest BCUT2D eigenvalue weighted by Gasteiger charge is 2.12. The summed E-state index contributed by atoms with van der Waals surface area (Å²) in [5.74, 6) is 0. The van der Waals surface area contributed by atoms with E-state index in [1.807, 2.05) is 25.1 Å². The standard InChI is InChI=1S/C17H21ClN2/c1-12-15(5-4-6-16(12)18)17(19)14-9-7-13(8-10-14)11-20(2)3/h4-10,17H,11,19H2,1-3H3. The van der Waals surface area contributed by atoms with Gasteiger partial charge in [0.15, 0.2) is 0 Å². The van der Waals surface area contributed by atoms with Crippen LogP contribution in [0.5, 0.6) is 0 Å². The molecule has 0 aliphatic rings. The maximum atomic E-state index is 6.37. The molecule has 0 fully saturated rings. The molecule has 0 aromatic heterocycles. The van der Waals surface area contributed by atoms with Crippen molar-refractivity contribution in [1.82, 2.24) is 4.90 Å². The molecule has 2 aromatic carbocycles. The van der Waals surface area contributed by atoms with Crippen LogP contribution in [0.3, 0.4) is 0 Å². The van der Waals surface area contributed by atoms with Crippen molar-refractivity contribution in [3.8, 4) is 0 Å². The molecule has 2 nitrogen and oxygen atoms in total. The summed E-state index contributed by atoms with van der Waals surface area (Å²) >= 11 is 6.17. The average molecular weight is 289 g/mol. The number of nitrogens with two attached hydrogens (primary N) is 1. The largest absolute Gasteiger partial charge is 0.320 e. The van der Waals surface area contributed by atoms with E-state index in [1.165, 1.54) is 5.56 Å². The summed E-state index contributed by atoms with van der Waals surface area (Å²) in [7, 11) is 4.13. The van der Waals surface area contributed by atoms with Crippen LogP contribution in [0.2, 0.25) is 5.02 Å². The number of rotatable bonds is 4. The van der Waals surface area contributed by atoms with Crippen LogP contribution >= 0.6 is 11.6 Å². The fraction of sp³-hybridized carbons (Fsp3) is 0.294. The van der Waals surface area contributed by atoms with Crippen LogP contribution in [-0.4, -0.2) is 19.0 Å². The molecule has 1 unspecified atom stereocenters. The first-order chi connectivity index (χ1) is 9.49. The average Bonchev–Trinajstić information content (AvgIpc) is 2.41. The Morgan fingerprint density at radius 1 is 1.10 bits per heavy atom. The molecule has 1 atom stereocenters. The van der Waals surface area contributed by atoms with Crippen molar-refractivity contribution in [2.24, 2.45) is 5.73 Å². The van der Waals surface area contributed by atoms with E-state index in [0.717, 1.165) is 28.3 Å². The van der Waals surface area contributed by atoms with Crippen LogP contribution in [0.1, 0.15) is 28.3 Å². The van der Waals surface area contributed by atoms with Crippen molar-refractivity contribution < 1.29 is 0 Å². The van der Waals surface area contributed by atoms with Crippen LogP contribution in [0, 0.1) is 6.92 Å². The molecular weight excluding hydrogens is 268 g/mol. The van der Waals surface area contributed by atoms with Crippen molar-refractivity contribution >= 4 is 11.6 Å². The Morgan fingerprint density at radius 2 is 1.75 bits per heavy atom. The van der Waals surface area contributed by atoms with Gasteiger partial charge in [0.05, 0.1) is 6.04 Å². The van der Waals surface area contributed by atoms with E-state index >= 15 is 0 Å². The van der Waals surface area contributed by atoms with Crippen molar-refractivity contribution in [1.29, 1.82) is 0 Å². The zero-order valence-electron chi connectivity index (χ0n) is 12.2. The minimum atomic E-state index is -0.137. The highest BCUT2D eigenvalue weighted by atomic mass is 35.5. The molecule has 0 aliphatic carbocycles. The summed E-state index contributed by atoms with van der Waals surface area (Å²) in [4.78, 5) is 2.15. The number of nitrogens with zero attached hydrogens (tertiary/aromatic N) is 1. The maximum absolute atomic E-state index is 6.37. The summed E-state index contributed by atoms with van der Waals surface area (Å²) in [6.07, 6.45) is 0. The third-order valence-electron chi connectivity index (χ3n) is 3.48. The van der Waals surface area contributed by atoms with Crippen molar-refractivity contribution in [2.45, 2.75) is 19.5 Å². The van der Waals surface area contributed by atoms with Crippen molar-refractivity contribution in [2.75, 3.05) is 14.1 Å². The normalized spacial score (nSPS) is 12.7. The molecule has 0 bridgehead atoms. The van der Waals surface area contributed by atoms with E-state index in [-0.39, 0.29) is 6.04 Å². The summed E-state index contributed by atoms with van der Waals surface area (Å²) < 4.78 is 0. The van der Waals surface area contributed by atoms with E-state index in [0.29, 0.717) is 0 Å². The first-order valence-corrected chi connectivity index (χ1v) is 7.11. The molecule has 0 amide bonds. The lowest BCUT2D eigenvalue weighted by Gasteiger charge is -2.17. The molecular formula is C17H21ClN2. The third-order valence-corrected chi connectivity index (χ3v) is 3.89. The first-order valence-electron chi connectivity index (χ1n) is 6.73. The smallest absolute Gasteiger partial charge is 0.0554 e. The number of halogens is 1. The molecule has 20 heavy (non-hydrogen) atoms. The second kappa shape index (κ2) is 6.40. The minimum absolute atomic E-state index is 0.137. The monoisotopic (exact) mass is 288 g/mol. The Morgan fingerprint density at radius 3 is 2.35 bits per heavy atom. The molecule has 2 N–H and O–H groups in total. The van der Waals surface area contributed by atoms with Gasteiger partial charge in [-0.05, 0) is 49.3 Å². The number of benzene rings is 2. The van der Waals surface area contributed by atoms with Crippen molar-refractivity contribution in [3.63, 3.8) is 0 Å². The molecule has 3 heteroatoms. The van der Waals surface area contributed by atoms with E-state index in [2.05, 4.69) is 43.3 Å². The Hall–Kier alpha value is -1.35. The van der Waals surface area contributed by atoms with Gasteiger partial charge in [-0.25, -0.2) is 0 Å². The molecule has 0 aliphatic heterocycles. The second-order valence-electron chi connectivity index (χ2n) is 5.41. The van der Waals surface area contributed by atoms with Gasteiger partial charge in [0, 0.05) is 11.6 Å². The van der Waals surface area contributed by atoms with Gasteiger partial charge in [-0.1, -0.05) is 48.0 Å². The van der Waals surface area contributed by atoms with Gasteiger partial charge < -0.3 is 10.6 Å². The SMILES string of the molecule is Cc1c(Cl)cccc1C(N)c1ccc(CN(C)C)cc1. The number of hydrogen-bond acceptors (Lipinski definition) is 2. The summed E-state index contributed by atoms with van der Waals surface area (Å²) in [5.41, 5.74) is 10.9. The van der Waals surface area contributed by atoms with Crippen LogP contribution in [0.4, 0.5) is 0 Å². The van der Waals surface area contributed by atoms with Gasteiger partial charge in [0.25, 0.3) is 0 Å². The topological polar surface area (TPSA) is 29.3 Å². The van der Waals surface area contributed by atoms with E-state index < -0.39 is 0 Å². The quantitative estimate of drug-likeness (QED) is 0.928. The fourth-order valence-electron chi connectivity index (χ4n) is 2.34. The lowest BCUT2D eigenvalue weighted by atomic mass is 9.95. The Bertz CT molecular complexity index is 576. The predicted octanol–water partition coefficient (Wildman–Crippen LogP) is 3.76. The highest BCUT2D eigenvalue weighted by Crippen LogP contribution is 2.27. The molecule has 0 saturated carbocycles. The van der Waals surface area contributed by atoms with Gasteiger partial charge in [0.1, 0.15) is 0 Å². The molecule has 2 aromatic rings. The molecule has 106 valence electrons. The van der Waals surface area contributed by atoms with Gasteiger partial charge in [-0.2, -0.15) is 0 Å². The highest BCUT2D eigenvalue weighted by molar-refractivity contribution is 6.31. The summed E-state index contributed by atoms with van der Waals surface area (Å²) in [6.45, 7) is 2.95. The van der Waals surface area contributed by atoms with Crippen LogP contribution in [0.25, 0.3) is 0 Å². The van der Waals surface area contributed by atoms with E-state index in [1.54, 1.807) is 0 Å². The minimum Gasteiger partial charge on any atom is -0.320 e. The van der Waals surface area contributed by atoms with Gasteiger partial charge >= 0.3 is 0 Å². The van der Waals surface area contributed by atoms with Gasteiger partial charge in [-0.3, -0.25) is 0 Å². The van der Waals surface area contributed by atoms with Gasteiger partial charge in [0.2, 0.25) is 0 Å². The summed E-state index contributed by atoms with van der Waals surface area (Å²) in [5, 5.41) is 0.766. The van der Waals surface area contributed by atoms with Crippen LogP contribution in [0.15, 0.2) is 42.5 Å². The second-order valence-corrected chi connectivity index (χ2v) is 5.82. The molecule has 0 spiro atoms. The number of hydrogen-bond donors (Lipinski definition) is 1. The summed E-state index contributed by atoms with van der Waals surface area (Å²) in [6, 6.07) is 14.2. The van der Waals surface area contributed by atoms with E-state index in [9.17, 15) is 0 Å². The van der Waals surface area contributed by atoms with Crippen molar-refractivity contribution in [3.05, 3.63) is 69.7 Å². The lowest BCUT2D eigenvalue weighted by Crippen LogP contribution is -2.14. The zero-order valence-corrected chi connectivity index (χ0v) is 13.0.